The molecule has 0 saturated heterocycles. The SMILES string of the molecule is O=C(NCC1(C(=O)O)CC1)C1Cc2ccccc2O1. The van der Waals surface area contributed by atoms with Crippen LogP contribution in [0.25, 0.3) is 0 Å². The number of carbonyl (C=O) groups excluding carboxylic acids is 1. The maximum atomic E-state index is 12.0. The molecule has 0 bridgehead atoms. The summed E-state index contributed by atoms with van der Waals surface area (Å²) in [6.45, 7) is 0.192. The Hall–Kier alpha value is -2.04. The Bertz CT molecular complexity index is 511. The first-order chi connectivity index (χ1) is 9.11. The highest BCUT2D eigenvalue weighted by Gasteiger charge is 2.50. The monoisotopic (exact) mass is 261 g/mol. The van der Waals surface area contributed by atoms with Crippen LogP contribution < -0.4 is 10.1 Å². The van der Waals surface area contributed by atoms with Gasteiger partial charge in [-0.3, -0.25) is 9.59 Å². The van der Waals surface area contributed by atoms with Crippen LogP contribution in [0.15, 0.2) is 24.3 Å². The number of nitrogens with one attached hydrogen (secondary N) is 1. The van der Waals surface area contributed by atoms with Gasteiger partial charge >= 0.3 is 5.97 Å². The zero-order chi connectivity index (χ0) is 13.5. The molecule has 0 radical (unpaired) electrons. The first-order valence-electron chi connectivity index (χ1n) is 6.36. The zero-order valence-electron chi connectivity index (χ0n) is 10.4. The van der Waals surface area contributed by atoms with Gasteiger partial charge in [0.25, 0.3) is 5.91 Å². The number of para-hydroxylation sites is 1. The van der Waals surface area contributed by atoms with E-state index in [1.807, 2.05) is 24.3 Å². The number of amides is 1. The quantitative estimate of drug-likeness (QED) is 0.847. The maximum absolute atomic E-state index is 12.0. The Morgan fingerprint density at radius 1 is 1.37 bits per heavy atom. The fourth-order valence-electron chi connectivity index (χ4n) is 2.32. The standard InChI is InChI=1S/C14H15NO4/c16-12(15-8-14(5-6-14)13(17)18)11-7-9-3-1-2-4-10(9)19-11/h1-4,11H,5-8H2,(H,15,16)(H,17,18). The van der Waals surface area contributed by atoms with Gasteiger partial charge in [0.05, 0.1) is 5.41 Å². The highest BCUT2D eigenvalue weighted by atomic mass is 16.5. The second kappa shape index (κ2) is 4.26. The number of carboxylic acids is 1. The van der Waals surface area contributed by atoms with E-state index < -0.39 is 17.5 Å². The van der Waals surface area contributed by atoms with E-state index in [0.29, 0.717) is 19.3 Å². The van der Waals surface area contributed by atoms with E-state index in [0.717, 1.165) is 11.3 Å². The Labute approximate surface area is 110 Å². The summed E-state index contributed by atoms with van der Waals surface area (Å²) in [5.74, 6) is -0.325. The van der Waals surface area contributed by atoms with Crippen LogP contribution >= 0.6 is 0 Å². The minimum Gasteiger partial charge on any atom is -0.481 e. The third-order valence-corrected chi connectivity index (χ3v) is 3.85. The molecule has 1 heterocycles. The lowest BCUT2D eigenvalue weighted by molar-refractivity contribution is -0.143. The fraction of sp³-hybridized carbons (Fsp3) is 0.429. The Balaban J connectivity index is 1.57. The van der Waals surface area contributed by atoms with Gasteiger partial charge in [-0.15, -0.1) is 0 Å². The summed E-state index contributed by atoms with van der Waals surface area (Å²) in [5.41, 5.74) is 0.281. The smallest absolute Gasteiger partial charge is 0.311 e. The van der Waals surface area contributed by atoms with Crippen molar-refractivity contribution in [3.8, 4) is 5.75 Å². The topological polar surface area (TPSA) is 75.6 Å². The summed E-state index contributed by atoms with van der Waals surface area (Å²) in [7, 11) is 0. The number of benzene rings is 1. The van der Waals surface area contributed by atoms with Crippen LogP contribution in [0.1, 0.15) is 18.4 Å². The molecule has 0 aromatic heterocycles. The molecule has 2 N–H and O–H groups in total. The number of aliphatic carboxylic acids is 1. The first kappa shape index (κ1) is 12.0. The van der Waals surface area contributed by atoms with Crippen LogP contribution in [0.4, 0.5) is 0 Å². The van der Waals surface area contributed by atoms with Crippen molar-refractivity contribution >= 4 is 11.9 Å². The average Bonchev–Trinajstić information content (AvgIpc) is 3.07. The number of hydrogen-bond acceptors (Lipinski definition) is 3. The predicted molar refractivity (Wildman–Crippen MR) is 66.9 cm³/mol. The Morgan fingerprint density at radius 3 is 2.74 bits per heavy atom. The van der Waals surface area contributed by atoms with Crippen LogP contribution in [-0.2, 0) is 16.0 Å². The van der Waals surface area contributed by atoms with Crippen LogP contribution in [0.2, 0.25) is 0 Å². The van der Waals surface area contributed by atoms with Crippen molar-refractivity contribution in [1.82, 2.24) is 5.32 Å². The first-order valence-corrected chi connectivity index (χ1v) is 6.36. The fourth-order valence-corrected chi connectivity index (χ4v) is 2.32. The molecule has 1 saturated carbocycles. The van der Waals surface area contributed by atoms with Crippen molar-refractivity contribution in [1.29, 1.82) is 0 Å². The number of rotatable bonds is 4. The van der Waals surface area contributed by atoms with E-state index >= 15 is 0 Å². The van der Waals surface area contributed by atoms with E-state index in [1.165, 1.54) is 0 Å². The molecular formula is C14H15NO4. The van der Waals surface area contributed by atoms with Gasteiger partial charge in [-0.1, -0.05) is 18.2 Å². The van der Waals surface area contributed by atoms with E-state index in [1.54, 1.807) is 0 Å². The van der Waals surface area contributed by atoms with Gasteiger partial charge in [-0.05, 0) is 24.5 Å². The molecule has 5 nitrogen and oxygen atoms in total. The molecule has 19 heavy (non-hydrogen) atoms. The third kappa shape index (κ3) is 2.16. The number of carbonyl (C=O) groups is 2. The highest BCUT2D eigenvalue weighted by molar-refractivity contribution is 5.84. The molecule has 1 atom stereocenters. The maximum Gasteiger partial charge on any atom is 0.311 e. The molecule has 0 spiro atoms. The van der Waals surface area contributed by atoms with Crippen molar-refractivity contribution in [2.75, 3.05) is 6.54 Å². The van der Waals surface area contributed by atoms with Crippen molar-refractivity contribution in [2.24, 2.45) is 5.41 Å². The Morgan fingerprint density at radius 2 is 2.11 bits per heavy atom. The van der Waals surface area contributed by atoms with Crippen LogP contribution in [0.5, 0.6) is 5.75 Å². The summed E-state index contributed by atoms with van der Waals surface area (Å²) in [4.78, 5) is 23.0. The van der Waals surface area contributed by atoms with Crippen molar-refractivity contribution in [3.05, 3.63) is 29.8 Å². The Kier molecular flexibility index (Phi) is 2.69. The third-order valence-electron chi connectivity index (χ3n) is 3.85. The predicted octanol–water partition coefficient (Wildman–Crippen LogP) is 0.971. The lowest BCUT2D eigenvalue weighted by Gasteiger charge is -2.14. The molecular weight excluding hydrogens is 246 g/mol. The van der Waals surface area contributed by atoms with E-state index in [9.17, 15) is 9.59 Å². The summed E-state index contributed by atoms with van der Waals surface area (Å²) in [5, 5.41) is 11.7. The van der Waals surface area contributed by atoms with Crippen molar-refractivity contribution in [3.63, 3.8) is 0 Å². The molecule has 1 aliphatic heterocycles. The summed E-state index contributed by atoms with van der Waals surface area (Å²) in [6, 6.07) is 7.54. The lowest BCUT2D eigenvalue weighted by atomic mass is 10.1. The molecule has 100 valence electrons. The second-order valence-corrected chi connectivity index (χ2v) is 5.22. The van der Waals surface area contributed by atoms with Crippen LogP contribution in [0, 0.1) is 5.41 Å². The molecule has 1 aromatic carbocycles. The molecule has 2 aliphatic rings. The molecule has 3 rings (SSSR count). The van der Waals surface area contributed by atoms with Gasteiger partial charge in [0.15, 0.2) is 6.10 Å². The van der Waals surface area contributed by atoms with Crippen molar-refractivity contribution in [2.45, 2.75) is 25.4 Å². The van der Waals surface area contributed by atoms with E-state index in [4.69, 9.17) is 9.84 Å². The summed E-state index contributed by atoms with van der Waals surface area (Å²) < 4.78 is 5.56. The summed E-state index contributed by atoms with van der Waals surface area (Å²) in [6.07, 6.45) is 1.27. The van der Waals surface area contributed by atoms with E-state index in [2.05, 4.69) is 5.32 Å². The number of ether oxygens (including phenoxy) is 1. The van der Waals surface area contributed by atoms with Gasteiger partial charge in [-0.25, -0.2) is 0 Å². The molecule has 1 fully saturated rings. The molecule has 1 amide bonds. The van der Waals surface area contributed by atoms with Gasteiger partial charge in [0, 0.05) is 13.0 Å². The van der Waals surface area contributed by atoms with Gasteiger partial charge in [0.2, 0.25) is 0 Å². The second-order valence-electron chi connectivity index (χ2n) is 5.22. The molecule has 1 aromatic rings. The largest absolute Gasteiger partial charge is 0.481 e. The number of fused-ring (bicyclic) bond motifs is 1. The number of hydrogen-bond donors (Lipinski definition) is 2. The normalized spacial score (nSPS) is 22.2. The van der Waals surface area contributed by atoms with Gasteiger partial charge in [0.1, 0.15) is 5.75 Å². The summed E-state index contributed by atoms with van der Waals surface area (Å²) >= 11 is 0. The minimum atomic E-state index is -0.830. The van der Waals surface area contributed by atoms with Crippen LogP contribution in [0.3, 0.4) is 0 Å². The number of carboxylic acid groups (broad SMARTS) is 1. The molecule has 1 aliphatic carbocycles. The average molecular weight is 261 g/mol. The van der Waals surface area contributed by atoms with Gasteiger partial charge < -0.3 is 15.2 Å². The minimum absolute atomic E-state index is 0.192. The molecule has 5 heteroatoms. The highest BCUT2D eigenvalue weighted by Crippen LogP contribution is 2.45. The van der Waals surface area contributed by atoms with E-state index in [-0.39, 0.29) is 12.5 Å². The van der Waals surface area contributed by atoms with Gasteiger partial charge in [-0.2, -0.15) is 0 Å². The zero-order valence-corrected chi connectivity index (χ0v) is 10.4. The lowest BCUT2D eigenvalue weighted by Crippen LogP contribution is -2.41. The van der Waals surface area contributed by atoms with Crippen LogP contribution in [-0.4, -0.2) is 29.6 Å². The van der Waals surface area contributed by atoms with Crippen molar-refractivity contribution < 1.29 is 19.4 Å². The molecule has 1 unspecified atom stereocenters.